The second kappa shape index (κ2) is 6.11. The molecular formula is C15H12ClN3OS. The molecular weight excluding hydrogens is 306 g/mol. The van der Waals surface area contributed by atoms with Gasteiger partial charge >= 0.3 is 0 Å². The van der Waals surface area contributed by atoms with Gasteiger partial charge in [0.2, 0.25) is 5.13 Å². The summed E-state index contributed by atoms with van der Waals surface area (Å²) in [5, 5.41) is 7.67. The van der Waals surface area contributed by atoms with E-state index in [9.17, 15) is 0 Å². The van der Waals surface area contributed by atoms with E-state index in [1.807, 2.05) is 48.7 Å². The van der Waals surface area contributed by atoms with Crippen molar-refractivity contribution in [3.63, 3.8) is 0 Å². The highest BCUT2D eigenvalue weighted by Crippen LogP contribution is 2.26. The third-order valence-electron chi connectivity index (χ3n) is 2.84. The molecule has 2 aromatic heterocycles. The fraction of sp³-hybridized carbons (Fsp3) is 0.0667. The zero-order valence-corrected chi connectivity index (χ0v) is 12.8. The van der Waals surface area contributed by atoms with Crippen LogP contribution in [0.25, 0.3) is 11.3 Å². The van der Waals surface area contributed by atoms with Crippen LogP contribution in [0.3, 0.4) is 0 Å². The molecule has 0 radical (unpaired) electrons. The Morgan fingerprint density at radius 3 is 2.81 bits per heavy atom. The van der Waals surface area contributed by atoms with Gasteiger partial charge in [-0.05, 0) is 31.2 Å². The van der Waals surface area contributed by atoms with Gasteiger partial charge in [0.1, 0.15) is 11.5 Å². The van der Waals surface area contributed by atoms with E-state index < -0.39 is 0 Å². The SMILES string of the molecule is C/C(=N/Nc1nc(-c2ccc(Cl)cc2)cs1)c1ccco1. The van der Waals surface area contributed by atoms with Crippen LogP contribution in [0.5, 0.6) is 0 Å². The number of hydrogen-bond donors (Lipinski definition) is 1. The summed E-state index contributed by atoms with van der Waals surface area (Å²) in [6, 6.07) is 11.3. The van der Waals surface area contributed by atoms with Crippen LogP contribution < -0.4 is 5.43 Å². The number of thiazole rings is 1. The van der Waals surface area contributed by atoms with Gasteiger partial charge in [-0.2, -0.15) is 5.10 Å². The van der Waals surface area contributed by atoms with Crippen molar-refractivity contribution in [1.82, 2.24) is 4.98 Å². The predicted molar refractivity (Wildman–Crippen MR) is 87.1 cm³/mol. The van der Waals surface area contributed by atoms with E-state index in [2.05, 4.69) is 15.5 Å². The fourth-order valence-electron chi connectivity index (χ4n) is 1.75. The topological polar surface area (TPSA) is 50.4 Å². The number of aromatic nitrogens is 1. The van der Waals surface area contributed by atoms with Crippen LogP contribution >= 0.6 is 22.9 Å². The lowest BCUT2D eigenvalue weighted by molar-refractivity contribution is 0.557. The van der Waals surface area contributed by atoms with Crippen molar-refractivity contribution in [2.75, 3.05) is 5.43 Å². The molecule has 106 valence electrons. The van der Waals surface area contributed by atoms with Gasteiger partial charge in [-0.3, -0.25) is 5.43 Å². The molecule has 3 aromatic rings. The zero-order valence-electron chi connectivity index (χ0n) is 11.2. The summed E-state index contributed by atoms with van der Waals surface area (Å²) in [4.78, 5) is 4.49. The molecule has 1 N–H and O–H groups in total. The van der Waals surface area contributed by atoms with Crippen LogP contribution in [0, 0.1) is 0 Å². The Morgan fingerprint density at radius 2 is 2.10 bits per heavy atom. The fourth-order valence-corrected chi connectivity index (χ4v) is 2.54. The van der Waals surface area contributed by atoms with E-state index in [1.54, 1.807) is 6.26 Å². The molecule has 0 bridgehead atoms. The van der Waals surface area contributed by atoms with Gasteiger partial charge in [0, 0.05) is 16.0 Å². The van der Waals surface area contributed by atoms with Crippen LogP contribution in [-0.2, 0) is 0 Å². The smallest absolute Gasteiger partial charge is 0.203 e. The first kappa shape index (κ1) is 13.9. The van der Waals surface area contributed by atoms with E-state index in [0.29, 0.717) is 5.02 Å². The minimum Gasteiger partial charge on any atom is -0.463 e. The average molecular weight is 318 g/mol. The molecule has 0 saturated carbocycles. The van der Waals surface area contributed by atoms with Crippen molar-refractivity contribution >= 4 is 33.8 Å². The first-order valence-corrected chi connectivity index (χ1v) is 7.54. The molecule has 0 aliphatic rings. The molecule has 6 heteroatoms. The average Bonchev–Trinajstić information content (AvgIpc) is 3.17. The number of anilines is 1. The van der Waals surface area contributed by atoms with Crippen molar-refractivity contribution in [1.29, 1.82) is 0 Å². The number of rotatable bonds is 4. The van der Waals surface area contributed by atoms with E-state index in [0.717, 1.165) is 27.9 Å². The van der Waals surface area contributed by atoms with Gasteiger partial charge < -0.3 is 4.42 Å². The molecule has 2 heterocycles. The van der Waals surface area contributed by atoms with E-state index in [4.69, 9.17) is 16.0 Å². The Bertz CT molecular complexity index is 748. The lowest BCUT2D eigenvalue weighted by Gasteiger charge is -1.98. The molecule has 1 aromatic carbocycles. The molecule has 0 atom stereocenters. The van der Waals surface area contributed by atoms with Gasteiger partial charge in [-0.25, -0.2) is 4.98 Å². The summed E-state index contributed by atoms with van der Waals surface area (Å²) in [5.41, 5.74) is 5.63. The lowest BCUT2D eigenvalue weighted by atomic mass is 10.2. The van der Waals surface area contributed by atoms with Crippen molar-refractivity contribution in [3.8, 4) is 11.3 Å². The summed E-state index contributed by atoms with van der Waals surface area (Å²) in [6.45, 7) is 1.87. The molecule has 21 heavy (non-hydrogen) atoms. The Labute approximate surface area is 131 Å². The minimum atomic E-state index is 0.714. The number of halogens is 1. The van der Waals surface area contributed by atoms with Crippen molar-refractivity contribution in [2.45, 2.75) is 6.92 Å². The maximum absolute atomic E-state index is 5.88. The highest BCUT2D eigenvalue weighted by Gasteiger charge is 2.05. The van der Waals surface area contributed by atoms with Gasteiger partial charge in [-0.15, -0.1) is 11.3 Å². The van der Waals surface area contributed by atoms with Crippen LogP contribution in [0.1, 0.15) is 12.7 Å². The Balaban J connectivity index is 1.73. The first-order valence-electron chi connectivity index (χ1n) is 6.28. The predicted octanol–water partition coefficient (Wildman–Crippen LogP) is 4.89. The Hall–Kier alpha value is -2.11. The molecule has 0 amide bonds. The van der Waals surface area contributed by atoms with E-state index in [1.165, 1.54) is 11.3 Å². The number of nitrogens with one attached hydrogen (secondary N) is 1. The van der Waals surface area contributed by atoms with Crippen LogP contribution in [0.15, 0.2) is 57.6 Å². The molecule has 4 nitrogen and oxygen atoms in total. The van der Waals surface area contributed by atoms with Gasteiger partial charge in [0.15, 0.2) is 0 Å². The molecule has 3 rings (SSSR count). The molecule has 0 spiro atoms. The van der Waals surface area contributed by atoms with Crippen LogP contribution in [-0.4, -0.2) is 10.7 Å². The van der Waals surface area contributed by atoms with Crippen LogP contribution in [0.4, 0.5) is 5.13 Å². The summed E-state index contributed by atoms with van der Waals surface area (Å²) in [7, 11) is 0. The Morgan fingerprint density at radius 1 is 1.29 bits per heavy atom. The molecule has 0 fully saturated rings. The quantitative estimate of drug-likeness (QED) is 0.550. The summed E-state index contributed by atoms with van der Waals surface area (Å²) in [6.07, 6.45) is 1.62. The lowest BCUT2D eigenvalue weighted by Crippen LogP contribution is -1.97. The molecule has 0 aliphatic heterocycles. The van der Waals surface area contributed by atoms with Gasteiger partial charge in [-0.1, -0.05) is 23.7 Å². The molecule has 0 saturated heterocycles. The van der Waals surface area contributed by atoms with Crippen LogP contribution in [0.2, 0.25) is 5.02 Å². The zero-order chi connectivity index (χ0) is 14.7. The highest BCUT2D eigenvalue weighted by molar-refractivity contribution is 7.14. The number of hydrogen-bond acceptors (Lipinski definition) is 5. The summed E-state index contributed by atoms with van der Waals surface area (Å²) in [5.74, 6) is 0.733. The second-order valence-electron chi connectivity index (χ2n) is 4.33. The normalized spacial score (nSPS) is 11.6. The first-order chi connectivity index (χ1) is 10.2. The minimum absolute atomic E-state index is 0.714. The maximum atomic E-state index is 5.88. The summed E-state index contributed by atoms with van der Waals surface area (Å²) < 4.78 is 5.27. The number of furan rings is 1. The maximum Gasteiger partial charge on any atom is 0.203 e. The number of nitrogens with zero attached hydrogens (tertiary/aromatic N) is 2. The number of benzene rings is 1. The molecule has 0 aliphatic carbocycles. The summed E-state index contributed by atoms with van der Waals surface area (Å²) >= 11 is 7.38. The van der Waals surface area contributed by atoms with Crippen molar-refractivity contribution < 1.29 is 4.42 Å². The van der Waals surface area contributed by atoms with Crippen molar-refractivity contribution in [2.24, 2.45) is 5.10 Å². The van der Waals surface area contributed by atoms with E-state index in [-0.39, 0.29) is 0 Å². The second-order valence-corrected chi connectivity index (χ2v) is 5.63. The van der Waals surface area contributed by atoms with Gasteiger partial charge in [0.05, 0.1) is 12.0 Å². The monoisotopic (exact) mass is 317 g/mol. The third-order valence-corrected chi connectivity index (χ3v) is 3.84. The standard InChI is InChI=1S/C15H12ClN3OS/c1-10(14-3-2-8-20-14)18-19-15-17-13(9-21-15)11-4-6-12(16)7-5-11/h2-9H,1H3,(H,17,19)/b18-10-. The van der Waals surface area contributed by atoms with Gasteiger partial charge in [0.25, 0.3) is 0 Å². The largest absolute Gasteiger partial charge is 0.463 e. The third kappa shape index (κ3) is 3.32. The highest BCUT2D eigenvalue weighted by atomic mass is 35.5. The molecule has 0 unspecified atom stereocenters. The number of hydrazone groups is 1. The van der Waals surface area contributed by atoms with Crippen molar-refractivity contribution in [3.05, 3.63) is 58.8 Å². The van der Waals surface area contributed by atoms with E-state index >= 15 is 0 Å². The Kier molecular flexibility index (Phi) is 4.03.